The third kappa shape index (κ3) is 5.33. The van der Waals surface area contributed by atoms with Gasteiger partial charge in [-0.05, 0) is 48.6 Å². The van der Waals surface area contributed by atoms with Crippen LogP contribution in [-0.2, 0) is 10.0 Å². The van der Waals surface area contributed by atoms with Gasteiger partial charge in [0.05, 0.1) is 24.8 Å². The molecule has 3 rings (SSSR count). The molecule has 0 amide bonds. The third-order valence-electron chi connectivity index (χ3n) is 3.87. The van der Waals surface area contributed by atoms with Crippen molar-refractivity contribution >= 4 is 44.5 Å². The van der Waals surface area contributed by atoms with E-state index in [2.05, 4.69) is 25.3 Å². The Morgan fingerprint density at radius 1 is 0.967 bits per heavy atom. The number of nitrogens with zero attached hydrogens (tertiary/aromatic N) is 2. The first kappa shape index (κ1) is 21.3. The lowest BCUT2D eigenvalue weighted by atomic mass is 10.3. The zero-order valence-electron chi connectivity index (χ0n) is 16.1. The van der Waals surface area contributed by atoms with Gasteiger partial charge in [-0.3, -0.25) is 4.72 Å². The number of sulfonamides is 1. The van der Waals surface area contributed by atoms with Gasteiger partial charge in [0.2, 0.25) is 5.88 Å². The second-order valence-corrected chi connectivity index (χ2v) is 7.95. The van der Waals surface area contributed by atoms with Gasteiger partial charge in [0.15, 0.2) is 5.11 Å². The Bertz CT molecular complexity index is 1140. The summed E-state index contributed by atoms with van der Waals surface area (Å²) < 4.78 is 37.7. The lowest BCUT2D eigenvalue weighted by Gasteiger charge is -2.13. The van der Waals surface area contributed by atoms with Crippen molar-refractivity contribution in [3.8, 4) is 11.6 Å². The first-order chi connectivity index (χ1) is 14.4. The molecule has 0 atom stereocenters. The lowest BCUT2D eigenvalue weighted by molar-refractivity contribution is 0.397. The van der Waals surface area contributed by atoms with Crippen LogP contribution in [0, 0.1) is 0 Å². The molecule has 2 aromatic carbocycles. The maximum atomic E-state index is 12.6. The second kappa shape index (κ2) is 9.37. The highest BCUT2D eigenvalue weighted by molar-refractivity contribution is 7.92. The Morgan fingerprint density at radius 2 is 1.70 bits per heavy atom. The fraction of sp³-hybridized carbons (Fsp3) is 0.105. The van der Waals surface area contributed by atoms with Crippen LogP contribution in [0.5, 0.6) is 11.6 Å². The van der Waals surface area contributed by atoms with Gasteiger partial charge < -0.3 is 20.1 Å². The first-order valence-electron chi connectivity index (χ1n) is 8.61. The van der Waals surface area contributed by atoms with Gasteiger partial charge in [-0.2, -0.15) is 0 Å². The highest BCUT2D eigenvalue weighted by atomic mass is 32.2. The minimum absolute atomic E-state index is 0.0641. The predicted octanol–water partition coefficient (Wildman–Crippen LogP) is 3.10. The average Bonchev–Trinajstić information content (AvgIpc) is 2.74. The second-order valence-electron chi connectivity index (χ2n) is 5.85. The Kier molecular flexibility index (Phi) is 6.65. The molecule has 0 aliphatic carbocycles. The molecule has 0 fully saturated rings. The normalized spacial score (nSPS) is 10.7. The van der Waals surface area contributed by atoms with Crippen molar-refractivity contribution in [2.24, 2.45) is 0 Å². The van der Waals surface area contributed by atoms with Crippen LogP contribution in [0.1, 0.15) is 0 Å². The van der Waals surface area contributed by atoms with Crippen molar-refractivity contribution in [2.75, 3.05) is 29.6 Å². The van der Waals surface area contributed by atoms with Crippen LogP contribution in [0.15, 0.2) is 65.8 Å². The number of rotatable bonds is 7. The van der Waals surface area contributed by atoms with Gasteiger partial charge in [0.1, 0.15) is 17.9 Å². The topological polar surface area (TPSA) is 114 Å². The van der Waals surface area contributed by atoms with Crippen molar-refractivity contribution in [2.45, 2.75) is 4.90 Å². The monoisotopic (exact) mass is 445 g/mol. The summed E-state index contributed by atoms with van der Waals surface area (Å²) in [5, 5.41) is 6.37. The number of hydrogen-bond acceptors (Lipinski definition) is 7. The molecule has 3 N–H and O–H groups in total. The van der Waals surface area contributed by atoms with Crippen LogP contribution in [0.3, 0.4) is 0 Å². The van der Waals surface area contributed by atoms with Crippen LogP contribution in [0.2, 0.25) is 0 Å². The van der Waals surface area contributed by atoms with Gasteiger partial charge in [-0.25, -0.2) is 18.4 Å². The maximum absolute atomic E-state index is 12.6. The van der Waals surface area contributed by atoms with E-state index in [4.69, 9.17) is 21.7 Å². The summed E-state index contributed by atoms with van der Waals surface area (Å²) in [6.45, 7) is 0. The minimum Gasteiger partial charge on any atom is -0.495 e. The molecule has 11 heteroatoms. The number of hydrogen-bond donors (Lipinski definition) is 3. The zero-order chi connectivity index (χ0) is 21.6. The summed E-state index contributed by atoms with van der Waals surface area (Å²) >= 11 is 5.31. The largest absolute Gasteiger partial charge is 0.495 e. The summed E-state index contributed by atoms with van der Waals surface area (Å²) in [7, 11) is -0.828. The Morgan fingerprint density at radius 3 is 2.40 bits per heavy atom. The number of anilines is 3. The highest BCUT2D eigenvalue weighted by Gasteiger charge is 2.15. The highest BCUT2D eigenvalue weighted by Crippen LogP contribution is 2.23. The molecular weight excluding hydrogens is 426 g/mol. The molecule has 3 aromatic rings. The van der Waals surface area contributed by atoms with E-state index in [-0.39, 0.29) is 16.6 Å². The number of thiocarbonyl (C=S) groups is 1. The van der Waals surface area contributed by atoms with Gasteiger partial charge >= 0.3 is 0 Å². The Hall–Kier alpha value is -3.44. The predicted molar refractivity (Wildman–Crippen MR) is 119 cm³/mol. The number of para-hydroxylation sites is 2. The Balaban J connectivity index is 1.67. The average molecular weight is 446 g/mol. The summed E-state index contributed by atoms with van der Waals surface area (Å²) in [6, 6.07) is 14.8. The molecule has 0 saturated carbocycles. The summed E-state index contributed by atoms with van der Waals surface area (Å²) in [5.74, 6) is 1.00. The van der Waals surface area contributed by atoms with Crippen LogP contribution < -0.4 is 24.8 Å². The SMILES string of the molecule is COc1cc(NS(=O)(=O)c2ccc(NC(=S)Nc3ccccc3OC)cc2)ncn1. The van der Waals surface area contributed by atoms with E-state index < -0.39 is 10.0 Å². The number of benzene rings is 2. The van der Waals surface area contributed by atoms with Gasteiger partial charge in [-0.1, -0.05) is 12.1 Å². The first-order valence-corrected chi connectivity index (χ1v) is 10.5. The van der Waals surface area contributed by atoms with Crippen LogP contribution >= 0.6 is 12.2 Å². The summed E-state index contributed by atoms with van der Waals surface area (Å²) in [4.78, 5) is 7.78. The van der Waals surface area contributed by atoms with E-state index in [1.54, 1.807) is 19.2 Å². The molecule has 0 bridgehead atoms. The number of ether oxygens (including phenoxy) is 2. The summed E-state index contributed by atoms with van der Waals surface area (Å²) in [6.07, 6.45) is 1.21. The smallest absolute Gasteiger partial charge is 0.263 e. The van der Waals surface area contributed by atoms with Gasteiger partial charge in [0, 0.05) is 11.8 Å². The van der Waals surface area contributed by atoms with E-state index in [0.717, 1.165) is 0 Å². The summed E-state index contributed by atoms with van der Waals surface area (Å²) in [5.41, 5.74) is 1.33. The van der Waals surface area contributed by atoms with Gasteiger partial charge in [0.25, 0.3) is 10.0 Å². The minimum atomic E-state index is -3.83. The molecule has 0 spiro atoms. The molecule has 0 unspecified atom stereocenters. The quantitative estimate of drug-likeness (QED) is 0.472. The van der Waals surface area contributed by atoms with Crippen LogP contribution in [0.25, 0.3) is 0 Å². The molecule has 0 aliphatic rings. The van der Waals surface area contributed by atoms with Crippen LogP contribution in [0.4, 0.5) is 17.2 Å². The molecule has 0 radical (unpaired) electrons. The van der Waals surface area contributed by atoms with E-state index in [1.807, 2.05) is 24.3 Å². The molecular formula is C19H19N5O4S2. The Labute approximate surface area is 179 Å². The van der Waals surface area contributed by atoms with E-state index in [0.29, 0.717) is 22.2 Å². The molecule has 9 nitrogen and oxygen atoms in total. The lowest BCUT2D eigenvalue weighted by Crippen LogP contribution is -2.19. The van der Waals surface area contributed by atoms with Crippen molar-refractivity contribution in [1.82, 2.24) is 9.97 Å². The van der Waals surface area contributed by atoms with Crippen LogP contribution in [-0.4, -0.2) is 37.7 Å². The molecule has 156 valence electrons. The van der Waals surface area contributed by atoms with E-state index >= 15 is 0 Å². The van der Waals surface area contributed by atoms with E-state index in [9.17, 15) is 8.42 Å². The van der Waals surface area contributed by atoms with Crippen molar-refractivity contribution < 1.29 is 17.9 Å². The molecule has 1 aromatic heterocycles. The molecule has 1 heterocycles. The van der Waals surface area contributed by atoms with Crippen molar-refractivity contribution in [3.63, 3.8) is 0 Å². The van der Waals surface area contributed by atoms with E-state index in [1.165, 1.54) is 31.6 Å². The maximum Gasteiger partial charge on any atom is 0.263 e. The fourth-order valence-corrected chi connectivity index (χ4v) is 3.68. The number of aromatic nitrogens is 2. The third-order valence-corrected chi connectivity index (χ3v) is 5.44. The van der Waals surface area contributed by atoms with Crippen molar-refractivity contribution in [3.05, 3.63) is 60.9 Å². The molecule has 0 saturated heterocycles. The number of nitrogens with one attached hydrogen (secondary N) is 3. The van der Waals surface area contributed by atoms with Gasteiger partial charge in [-0.15, -0.1) is 0 Å². The molecule has 30 heavy (non-hydrogen) atoms. The fourth-order valence-electron chi connectivity index (χ4n) is 2.45. The standard InChI is InChI=1S/C19H19N5O4S2/c1-27-16-6-4-3-5-15(16)23-19(29)22-13-7-9-14(10-8-13)30(25,26)24-17-11-18(28-2)21-12-20-17/h3-12H,1-2H3,(H,20,21,24)(H2,22,23,29). The van der Waals surface area contributed by atoms with Crippen molar-refractivity contribution in [1.29, 1.82) is 0 Å². The number of methoxy groups -OCH3 is 2. The zero-order valence-corrected chi connectivity index (χ0v) is 17.8. The molecule has 0 aliphatic heterocycles.